The van der Waals surface area contributed by atoms with E-state index >= 15 is 0 Å². The summed E-state index contributed by atoms with van der Waals surface area (Å²) >= 11 is 12.3. The normalized spacial score (nSPS) is 19.0. The van der Waals surface area contributed by atoms with Gasteiger partial charge in [0.15, 0.2) is 0 Å². The number of benzene rings is 1. The molecule has 0 spiro atoms. The second-order valence-corrected chi connectivity index (χ2v) is 6.31. The number of nitrogens with one attached hydrogen (secondary N) is 1. The van der Waals surface area contributed by atoms with Crippen molar-refractivity contribution in [3.8, 4) is 0 Å². The topological polar surface area (TPSA) is 69.6 Å². The van der Waals surface area contributed by atoms with Crippen LogP contribution < -0.4 is 5.32 Å². The van der Waals surface area contributed by atoms with E-state index < -0.39 is 11.9 Å². The van der Waals surface area contributed by atoms with Gasteiger partial charge in [0.1, 0.15) is 0 Å². The Bertz CT molecular complexity index is 560. The molecular formula is C15H18Cl2N2O3. The highest BCUT2D eigenvalue weighted by molar-refractivity contribution is 6.36. The molecule has 2 unspecified atom stereocenters. The smallest absolute Gasteiger partial charge is 0.317 e. The van der Waals surface area contributed by atoms with E-state index in [1.807, 2.05) is 6.92 Å². The van der Waals surface area contributed by atoms with Crippen molar-refractivity contribution in [1.82, 2.24) is 10.2 Å². The molecule has 1 aliphatic rings. The van der Waals surface area contributed by atoms with Crippen LogP contribution in [0.4, 0.5) is 4.79 Å². The molecule has 120 valence electrons. The summed E-state index contributed by atoms with van der Waals surface area (Å²) in [6.45, 7) is 3.03. The van der Waals surface area contributed by atoms with Gasteiger partial charge in [-0.25, -0.2) is 4.79 Å². The molecule has 2 N–H and O–H groups in total. The fourth-order valence-corrected chi connectivity index (χ4v) is 3.35. The number of rotatable bonds is 4. The van der Waals surface area contributed by atoms with Gasteiger partial charge in [-0.3, -0.25) is 4.79 Å². The van der Waals surface area contributed by atoms with Gasteiger partial charge >= 0.3 is 12.0 Å². The summed E-state index contributed by atoms with van der Waals surface area (Å²) in [7, 11) is 0. The zero-order valence-corrected chi connectivity index (χ0v) is 13.7. The number of likely N-dealkylation sites (tertiary alicyclic amines) is 1. The van der Waals surface area contributed by atoms with Crippen LogP contribution >= 0.6 is 23.2 Å². The lowest BCUT2D eigenvalue weighted by molar-refractivity contribution is -0.141. The number of hydrogen-bond donors (Lipinski definition) is 2. The highest BCUT2D eigenvalue weighted by Gasteiger charge is 2.30. The van der Waals surface area contributed by atoms with Gasteiger partial charge in [-0.2, -0.15) is 0 Å². The summed E-state index contributed by atoms with van der Waals surface area (Å²) in [6.07, 6.45) is 0.495. The number of urea groups is 1. The number of nitrogens with zero attached hydrogens (tertiary/aromatic N) is 1. The third-order valence-corrected chi connectivity index (χ3v) is 4.54. The van der Waals surface area contributed by atoms with Crippen LogP contribution in [-0.4, -0.2) is 41.6 Å². The van der Waals surface area contributed by atoms with Gasteiger partial charge in [-0.05, 0) is 24.1 Å². The monoisotopic (exact) mass is 344 g/mol. The van der Waals surface area contributed by atoms with Gasteiger partial charge in [0, 0.05) is 35.6 Å². The van der Waals surface area contributed by atoms with Crippen molar-refractivity contribution in [2.24, 2.45) is 5.92 Å². The molecule has 7 heteroatoms. The number of halogens is 2. The molecular weight excluding hydrogens is 327 g/mol. The zero-order chi connectivity index (χ0) is 16.3. The molecule has 1 aromatic carbocycles. The van der Waals surface area contributed by atoms with Crippen molar-refractivity contribution in [3.05, 3.63) is 33.8 Å². The molecule has 1 saturated heterocycles. The van der Waals surface area contributed by atoms with Gasteiger partial charge in [-0.15, -0.1) is 0 Å². The first-order chi connectivity index (χ1) is 10.4. The standard InChI is InChI=1S/C15H18Cl2N2O3/c1-9(13-11(16)3-2-4-12(13)17)7-18-15(22)19-6-5-10(8-19)14(20)21/h2-4,9-10H,5-8H2,1H3,(H,18,22)(H,20,21). The van der Waals surface area contributed by atoms with Crippen molar-refractivity contribution < 1.29 is 14.7 Å². The van der Waals surface area contributed by atoms with E-state index in [4.69, 9.17) is 28.3 Å². The minimum Gasteiger partial charge on any atom is -0.481 e. The first kappa shape index (κ1) is 16.9. The van der Waals surface area contributed by atoms with Crippen LogP contribution in [0, 0.1) is 5.92 Å². The average molecular weight is 345 g/mol. The number of carboxylic acids is 1. The second kappa shape index (κ2) is 7.20. The predicted octanol–water partition coefficient (Wildman–Crippen LogP) is 3.21. The van der Waals surface area contributed by atoms with Crippen LogP contribution in [0.5, 0.6) is 0 Å². The quantitative estimate of drug-likeness (QED) is 0.880. The highest BCUT2D eigenvalue weighted by Crippen LogP contribution is 2.31. The SMILES string of the molecule is CC(CNC(=O)N1CCC(C(=O)O)C1)c1c(Cl)cccc1Cl. The Morgan fingerprint density at radius 3 is 2.59 bits per heavy atom. The molecule has 5 nitrogen and oxygen atoms in total. The molecule has 1 heterocycles. The second-order valence-electron chi connectivity index (χ2n) is 5.49. The van der Waals surface area contributed by atoms with Gasteiger partial charge in [0.05, 0.1) is 5.92 Å². The first-order valence-electron chi connectivity index (χ1n) is 7.09. The number of carboxylic acid groups (broad SMARTS) is 1. The Morgan fingerprint density at radius 2 is 2.05 bits per heavy atom. The summed E-state index contributed by atoms with van der Waals surface area (Å²) in [5.41, 5.74) is 0.802. The van der Waals surface area contributed by atoms with Crippen LogP contribution in [-0.2, 0) is 4.79 Å². The largest absolute Gasteiger partial charge is 0.481 e. The fraction of sp³-hybridized carbons (Fsp3) is 0.467. The minimum absolute atomic E-state index is 0.0389. The van der Waals surface area contributed by atoms with Gasteiger partial charge < -0.3 is 15.3 Å². The van der Waals surface area contributed by atoms with Crippen molar-refractivity contribution in [3.63, 3.8) is 0 Å². The lowest BCUT2D eigenvalue weighted by atomic mass is 10.0. The summed E-state index contributed by atoms with van der Waals surface area (Å²) in [5.74, 6) is -1.37. The first-order valence-corrected chi connectivity index (χ1v) is 7.85. The Labute approximate surface area is 139 Å². The summed E-state index contributed by atoms with van der Waals surface area (Å²) in [6, 6.07) is 5.05. The molecule has 0 aromatic heterocycles. The molecule has 2 rings (SSSR count). The molecule has 1 aromatic rings. The molecule has 1 aliphatic heterocycles. The molecule has 2 atom stereocenters. The molecule has 0 saturated carbocycles. The Kier molecular flexibility index (Phi) is 5.53. The molecule has 2 amide bonds. The van der Waals surface area contributed by atoms with Crippen LogP contribution in [0.2, 0.25) is 10.0 Å². The summed E-state index contributed by atoms with van der Waals surface area (Å²) in [5, 5.41) is 12.9. The lowest BCUT2D eigenvalue weighted by Gasteiger charge is -2.20. The number of carbonyl (C=O) groups is 2. The number of aliphatic carboxylic acids is 1. The van der Waals surface area contributed by atoms with Crippen LogP contribution in [0.15, 0.2) is 18.2 Å². The summed E-state index contributed by atoms with van der Waals surface area (Å²) in [4.78, 5) is 24.5. The summed E-state index contributed by atoms with van der Waals surface area (Å²) < 4.78 is 0. The van der Waals surface area contributed by atoms with Crippen LogP contribution in [0.1, 0.15) is 24.8 Å². The van der Waals surface area contributed by atoms with Gasteiger partial charge in [0.2, 0.25) is 0 Å². The maximum Gasteiger partial charge on any atom is 0.317 e. The van der Waals surface area contributed by atoms with E-state index in [1.165, 1.54) is 4.90 Å². The predicted molar refractivity (Wildman–Crippen MR) is 85.6 cm³/mol. The maximum atomic E-state index is 12.1. The Hall–Kier alpha value is -1.46. The third-order valence-electron chi connectivity index (χ3n) is 3.88. The van der Waals surface area contributed by atoms with Crippen molar-refractivity contribution in [2.75, 3.05) is 19.6 Å². The molecule has 0 aliphatic carbocycles. The Balaban J connectivity index is 1.90. The third kappa shape index (κ3) is 3.84. The number of hydrogen-bond acceptors (Lipinski definition) is 2. The van der Waals surface area contributed by atoms with Crippen molar-refractivity contribution >= 4 is 35.2 Å². The molecule has 0 radical (unpaired) electrons. The Morgan fingerprint density at radius 1 is 1.41 bits per heavy atom. The van der Waals surface area contributed by atoms with Crippen LogP contribution in [0.25, 0.3) is 0 Å². The van der Waals surface area contributed by atoms with E-state index in [2.05, 4.69) is 5.32 Å². The zero-order valence-electron chi connectivity index (χ0n) is 12.2. The van der Waals surface area contributed by atoms with Gasteiger partial charge in [-0.1, -0.05) is 36.2 Å². The van der Waals surface area contributed by atoms with Gasteiger partial charge in [0.25, 0.3) is 0 Å². The molecule has 1 fully saturated rings. The van der Waals surface area contributed by atoms with Crippen LogP contribution in [0.3, 0.4) is 0 Å². The van der Waals surface area contributed by atoms with Crippen molar-refractivity contribution in [2.45, 2.75) is 19.3 Å². The molecule has 22 heavy (non-hydrogen) atoms. The van der Waals surface area contributed by atoms with E-state index in [-0.39, 0.29) is 18.5 Å². The van der Waals surface area contributed by atoms with E-state index in [0.717, 1.165) is 5.56 Å². The lowest BCUT2D eigenvalue weighted by Crippen LogP contribution is -2.40. The number of carbonyl (C=O) groups excluding carboxylic acids is 1. The number of amides is 2. The molecule has 0 bridgehead atoms. The van der Waals surface area contributed by atoms with E-state index in [9.17, 15) is 9.59 Å². The minimum atomic E-state index is -0.855. The average Bonchev–Trinajstić information content (AvgIpc) is 2.94. The maximum absolute atomic E-state index is 12.1. The van der Waals surface area contributed by atoms with Crippen molar-refractivity contribution in [1.29, 1.82) is 0 Å². The van der Waals surface area contributed by atoms with E-state index in [1.54, 1.807) is 18.2 Å². The fourth-order valence-electron chi connectivity index (χ4n) is 2.58. The highest BCUT2D eigenvalue weighted by atomic mass is 35.5. The van der Waals surface area contributed by atoms with E-state index in [0.29, 0.717) is 29.6 Å².